The molecule has 1 saturated heterocycles. The van der Waals surface area contributed by atoms with Gasteiger partial charge in [0.25, 0.3) is 5.91 Å². The lowest BCUT2D eigenvalue weighted by Crippen LogP contribution is -2.25. The number of anilines is 2. The molecule has 0 radical (unpaired) electrons. The molecular weight excluding hydrogens is 448 g/mol. The number of hydrogen-bond donors (Lipinski definition) is 2. The lowest BCUT2D eigenvalue weighted by Gasteiger charge is -2.19. The van der Waals surface area contributed by atoms with E-state index in [4.69, 9.17) is 19.9 Å². The Labute approximate surface area is 203 Å². The first-order chi connectivity index (χ1) is 17.1. The van der Waals surface area contributed by atoms with Crippen molar-refractivity contribution in [2.45, 2.75) is 19.4 Å². The third-order valence-corrected chi connectivity index (χ3v) is 5.33. The van der Waals surface area contributed by atoms with Gasteiger partial charge in [-0.05, 0) is 42.7 Å². The number of nitrogens with zero attached hydrogens (tertiary/aromatic N) is 4. The van der Waals surface area contributed by atoms with Gasteiger partial charge in [0, 0.05) is 13.1 Å². The summed E-state index contributed by atoms with van der Waals surface area (Å²) in [7, 11) is 1.50. The predicted molar refractivity (Wildman–Crippen MR) is 133 cm³/mol. The normalized spacial score (nSPS) is 13.1. The molecule has 1 amide bonds. The molecule has 4 rings (SSSR count). The average molecular weight is 477 g/mol. The molecule has 10 heteroatoms. The lowest BCUT2D eigenvalue weighted by molar-refractivity contribution is -0.123. The van der Waals surface area contributed by atoms with Gasteiger partial charge in [0.1, 0.15) is 23.9 Å². The number of methoxy groups -OCH3 is 1. The molecule has 0 unspecified atom stereocenters. The van der Waals surface area contributed by atoms with Gasteiger partial charge in [0.2, 0.25) is 11.8 Å². The number of ether oxygens (including phenoxy) is 3. The first-order valence-corrected chi connectivity index (χ1v) is 11.3. The Bertz CT molecular complexity index is 1150. The van der Waals surface area contributed by atoms with Crippen LogP contribution in [0, 0.1) is 0 Å². The van der Waals surface area contributed by atoms with E-state index in [1.165, 1.54) is 13.3 Å². The van der Waals surface area contributed by atoms with E-state index in [1.807, 2.05) is 30.3 Å². The molecule has 0 atom stereocenters. The van der Waals surface area contributed by atoms with Crippen molar-refractivity contribution in [1.29, 1.82) is 0 Å². The van der Waals surface area contributed by atoms with Crippen molar-refractivity contribution in [3.05, 3.63) is 65.7 Å². The molecule has 1 aromatic heterocycles. The number of nitrogen functional groups attached to an aromatic ring is 1. The number of hydrazone groups is 1. The van der Waals surface area contributed by atoms with E-state index in [0.717, 1.165) is 31.5 Å². The van der Waals surface area contributed by atoms with Crippen molar-refractivity contribution in [2.24, 2.45) is 5.10 Å². The zero-order valence-electron chi connectivity index (χ0n) is 19.5. The second-order valence-corrected chi connectivity index (χ2v) is 7.85. The lowest BCUT2D eigenvalue weighted by atomic mass is 10.2. The van der Waals surface area contributed by atoms with Crippen LogP contribution in [0.15, 0.2) is 59.7 Å². The molecule has 35 heavy (non-hydrogen) atoms. The van der Waals surface area contributed by atoms with Gasteiger partial charge in [-0.15, -0.1) is 0 Å². The highest BCUT2D eigenvalue weighted by atomic mass is 16.5. The maximum absolute atomic E-state index is 12.2. The van der Waals surface area contributed by atoms with E-state index < -0.39 is 5.91 Å². The molecule has 3 aromatic rings. The summed E-state index contributed by atoms with van der Waals surface area (Å²) in [5.74, 6) is 1.89. The number of amides is 1. The molecular formula is C25H28N6O4. The summed E-state index contributed by atoms with van der Waals surface area (Å²) in [4.78, 5) is 22.8. The predicted octanol–water partition coefficient (Wildman–Crippen LogP) is 2.78. The number of hydrogen-bond acceptors (Lipinski definition) is 9. The topological polar surface area (TPSA) is 124 Å². The number of nitrogens with one attached hydrogen (secondary N) is 1. The van der Waals surface area contributed by atoms with Crippen molar-refractivity contribution in [2.75, 3.05) is 37.4 Å². The van der Waals surface area contributed by atoms with Crippen molar-refractivity contribution < 1.29 is 19.0 Å². The third kappa shape index (κ3) is 6.59. The van der Waals surface area contributed by atoms with Crippen LogP contribution in [0.1, 0.15) is 24.0 Å². The van der Waals surface area contributed by atoms with Crippen molar-refractivity contribution in [3.63, 3.8) is 0 Å². The second-order valence-electron chi connectivity index (χ2n) is 7.85. The number of carbonyl (C=O) groups excluding carboxylic acids is 1. The summed E-state index contributed by atoms with van der Waals surface area (Å²) >= 11 is 0. The van der Waals surface area contributed by atoms with E-state index in [1.54, 1.807) is 24.3 Å². The molecule has 0 saturated carbocycles. The van der Waals surface area contributed by atoms with E-state index in [-0.39, 0.29) is 12.6 Å². The number of rotatable bonds is 10. The van der Waals surface area contributed by atoms with Gasteiger partial charge in [0.05, 0.1) is 18.9 Å². The van der Waals surface area contributed by atoms with Crippen LogP contribution >= 0.6 is 0 Å². The highest BCUT2D eigenvalue weighted by molar-refractivity contribution is 5.91. The summed E-state index contributed by atoms with van der Waals surface area (Å²) < 4.78 is 16.6. The fourth-order valence-corrected chi connectivity index (χ4v) is 3.62. The van der Waals surface area contributed by atoms with Gasteiger partial charge in [-0.2, -0.15) is 15.1 Å². The largest absolute Gasteiger partial charge is 0.489 e. The Morgan fingerprint density at radius 1 is 1.06 bits per heavy atom. The van der Waals surface area contributed by atoms with Crippen LogP contribution in [0.3, 0.4) is 0 Å². The Morgan fingerprint density at radius 3 is 2.43 bits per heavy atom. The fraction of sp³-hybridized carbons (Fsp3) is 0.280. The van der Waals surface area contributed by atoms with Crippen LogP contribution in [-0.2, 0) is 11.4 Å². The number of benzene rings is 2. The molecule has 1 fully saturated rings. The molecule has 1 aliphatic rings. The molecule has 182 valence electrons. The molecule has 1 aliphatic heterocycles. The van der Waals surface area contributed by atoms with Crippen LogP contribution in [-0.4, -0.2) is 48.9 Å². The van der Waals surface area contributed by atoms with Crippen molar-refractivity contribution in [3.8, 4) is 17.4 Å². The smallest absolute Gasteiger partial charge is 0.277 e. The standard InChI is InChI=1S/C25H28N6O4/c1-33-24-21(23(28-25(26)29-24)31-13-5-6-14-31)15-27-30-22(32)17-35-20-11-9-19(10-12-20)34-16-18-7-3-2-4-8-18/h2-4,7-12,15H,5-6,13-14,16-17H2,1H3,(H,30,32)(H2,26,28,29)/b27-15+. The van der Waals surface area contributed by atoms with Crippen LogP contribution in [0.25, 0.3) is 0 Å². The van der Waals surface area contributed by atoms with Crippen LogP contribution in [0.4, 0.5) is 11.8 Å². The minimum absolute atomic E-state index is 0.120. The van der Waals surface area contributed by atoms with E-state index >= 15 is 0 Å². The van der Waals surface area contributed by atoms with Gasteiger partial charge in [-0.25, -0.2) is 5.43 Å². The first-order valence-electron chi connectivity index (χ1n) is 11.3. The van der Waals surface area contributed by atoms with Crippen molar-refractivity contribution >= 4 is 23.9 Å². The third-order valence-electron chi connectivity index (χ3n) is 5.33. The van der Waals surface area contributed by atoms with E-state index in [0.29, 0.717) is 35.4 Å². The fourth-order valence-electron chi connectivity index (χ4n) is 3.62. The number of aromatic nitrogens is 2. The van der Waals surface area contributed by atoms with Gasteiger partial charge >= 0.3 is 0 Å². The van der Waals surface area contributed by atoms with Gasteiger partial charge in [-0.3, -0.25) is 4.79 Å². The molecule has 0 spiro atoms. The highest BCUT2D eigenvalue weighted by Crippen LogP contribution is 2.28. The maximum Gasteiger partial charge on any atom is 0.277 e. The summed E-state index contributed by atoms with van der Waals surface area (Å²) in [6, 6.07) is 17.0. The number of nitrogens with two attached hydrogens (primary N) is 1. The quantitative estimate of drug-likeness (QED) is 0.338. The monoisotopic (exact) mass is 476 g/mol. The Balaban J connectivity index is 1.29. The SMILES string of the molecule is COc1nc(N)nc(N2CCCC2)c1/C=N/NC(=O)COc1ccc(OCc2ccccc2)cc1. The summed E-state index contributed by atoms with van der Waals surface area (Å²) in [6.45, 7) is 1.99. The zero-order valence-corrected chi connectivity index (χ0v) is 19.5. The Hall–Kier alpha value is -4.34. The molecule has 10 nitrogen and oxygen atoms in total. The molecule has 3 N–H and O–H groups in total. The van der Waals surface area contributed by atoms with Crippen LogP contribution in [0.2, 0.25) is 0 Å². The van der Waals surface area contributed by atoms with Crippen molar-refractivity contribution in [1.82, 2.24) is 15.4 Å². The van der Waals surface area contributed by atoms with Crippen LogP contribution in [0.5, 0.6) is 17.4 Å². The van der Waals surface area contributed by atoms with Gasteiger partial charge < -0.3 is 24.8 Å². The molecule has 2 heterocycles. The molecule has 0 aliphatic carbocycles. The van der Waals surface area contributed by atoms with E-state index in [9.17, 15) is 4.79 Å². The van der Waals surface area contributed by atoms with Gasteiger partial charge in [-0.1, -0.05) is 30.3 Å². The Morgan fingerprint density at radius 2 is 1.74 bits per heavy atom. The maximum atomic E-state index is 12.2. The number of carbonyl (C=O) groups is 1. The molecule has 0 bridgehead atoms. The van der Waals surface area contributed by atoms with Crippen LogP contribution < -0.4 is 30.3 Å². The average Bonchev–Trinajstić information content (AvgIpc) is 3.43. The minimum Gasteiger partial charge on any atom is -0.489 e. The zero-order chi connectivity index (χ0) is 24.5. The highest BCUT2D eigenvalue weighted by Gasteiger charge is 2.21. The summed E-state index contributed by atoms with van der Waals surface area (Å²) in [5.41, 5.74) is 9.92. The molecule has 2 aromatic carbocycles. The summed E-state index contributed by atoms with van der Waals surface area (Å²) in [6.07, 6.45) is 3.59. The second kappa shape index (κ2) is 11.7. The minimum atomic E-state index is -0.413. The summed E-state index contributed by atoms with van der Waals surface area (Å²) in [5, 5.41) is 4.04. The van der Waals surface area contributed by atoms with Gasteiger partial charge in [0.15, 0.2) is 6.61 Å². The van der Waals surface area contributed by atoms with E-state index in [2.05, 4.69) is 25.4 Å². The first kappa shape index (κ1) is 23.8. The Kier molecular flexibility index (Phi) is 7.95.